The molecule has 17 heavy (non-hydrogen) atoms. The van der Waals surface area contributed by atoms with E-state index in [0.29, 0.717) is 17.1 Å². The van der Waals surface area contributed by atoms with E-state index in [1.807, 2.05) is 13.0 Å². The molecule has 0 saturated carbocycles. The second-order valence-corrected chi connectivity index (χ2v) is 3.90. The third-order valence-electron chi connectivity index (χ3n) is 2.79. The molecule has 0 aliphatic rings. The van der Waals surface area contributed by atoms with Gasteiger partial charge in [0.25, 0.3) is 0 Å². The van der Waals surface area contributed by atoms with E-state index in [2.05, 4.69) is 10.2 Å². The molecule has 1 aromatic heterocycles. The lowest BCUT2D eigenvalue weighted by Crippen LogP contribution is -2.01. The summed E-state index contributed by atoms with van der Waals surface area (Å²) >= 11 is 0. The molecular formula is C12H13N3O2. The Hall–Kier alpha value is -2.30. The van der Waals surface area contributed by atoms with Crippen molar-refractivity contribution in [3.8, 4) is 11.3 Å². The first-order chi connectivity index (χ1) is 8.02. The van der Waals surface area contributed by atoms with Gasteiger partial charge in [0, 0.05) is 16.9 Å². The van der Waals surface area contributed by atoms with Crippen molar-refractivity contribution in [1.29, 1.82) is 0 Å². The number of aromatic carboxylic acids is 1. The highest BCUT2D eigenvalue weighted by Gasteiger charge is 2.20. The van der Waals surface area contributed by atoms with Crippen LogP contribution in [-0.4, -0.2) is 21.3 Å². The van der Waals surface area contributed by atoms with Gasteiger partial charge in [-0.2, -0.15) is 5.10 Å². The Morgan fingerprint density at radius 3 is 2.76 bits per heavy atom. The Labute approximate surface area is 98.3 Å². The fourth-order valence-electron chi connectivity index (χ4n) is 1.80. The molecule has 2 rings (SSSR count). The van der Waals surface area contributed by atoms with Crippen molar-refractivity contribution in [3.63, 3.8) is 0 Å². The molecule has 0 fully saturated rings. The lowest BCUT2D eigenvalue weighted by atomic mass is 10.0. The lowest BCUT2D eigenvalue weighted by Gasteiger charge is -2.06. The summed E-state index contributed by atoms with van der Waals surface area (Å²) in [5.74, 6) is -0.993. The second kappa shape index (κ2) is 3.93. The van der Waals surface area contributed by atoms with E-state index in [0.717, 1.165) is 11.1 Å². The number of aromatic nitrogens is 2. The number of benzene rings is 1. The van der Waals surface area contributed by atoms with Gasteiger partial charge in [0.2, 0.25) is 0 Å². The zero-order valence-electron chi connectivity index (χ0n) is 9.61. The Balaban J connectivity index is 2.69. The fourth-order valence-corrected chi connectivity index (χ4v) is 1.80. The van der Waals surface area contributed by atoms with Gasteiger partial charge in [-0.05, 0) is 25.5 Å². The first-order valence-electron chi connectivity index (χ1n) is 5.16. The zero-order chi connectivity index (χ0) is 12.6. The van der Waals surface area contributed by atoms with Crippen LogP contribution < -0.4 is 5.73 Å². The number of nitrogen functional groups attached to an aromatic ring is 1. The third kappa shape index (κ3) is 1.75. The Morgan fingerprint density at radius 2 is 2.12 bits per heavy atom. The molecule has 1 heterocycles. The standard InChI is InChI=1S/C12H13N3O2/c1-6-8(4-3-5-9(6)13)11-10(12(16)17)7(2)14-15-11/h3-5H,13H2,1-2H3,(H,14,15)(H,16,17). The van der Waals surface area contributed by atoms with Gasteiger partial charge >= 0.3 is 5.97 Å². The molecule has 0 amide bonds. The van der Waals surface area contributed by atoms with Crippen LogP contribution in [0.3, 0.4) is 0 Å². The van der Waals surface area contributed by atoms with Crippen molar-refractivity contribution < 1.29 is 9.90 Å². The van der Waals surface area contributed by atoms with Crippen LogP contribution in [-0.2, 0) is 0 Å². The Kier molecular flexibility index (Phi) is 2.59. The SMILES string of the molecule is Cc1[nH]nc(-c2cccc(N)c2C)c1C(=O)O. The van der Waals surface area contributed by atoms with E-state index in [-0.39, 0.29) is 5.56 Å². The van der Waals surface area contributed by atoms with Crippen LogP contribution in [0, 0.1) is 13.8 Å². The highest BCUT2D eigenvalue weighted by Crippen LogP contribution is 2.29. The molecule has 4 N–H and O–H groups in total. The van der Waals surface area contributed by atoms with Gasteiger partial charge in [0.05, 0.1) is 0 Å². The van der Waals surface area contributed by atoms with E-state index in [4.69, 9.17) is 10.8 Å². The number of H-pyrrole nitrogens is 1. The molecule has 0 atom stereocenters. The molecule has 5 heteroatoms. The van der Waals surface area contributed by atoms with Crippen molar-refractivity contribution in [2.45, 2.75) is 13.8 Å². The minimum absolute atomic E-state index is 0.193. The highest BCUT2D eigenvalue weighted by molar-refractivity contribution is 5.96. The summed E-state index contributed by atoms with van der Waals surface area (Å²) in [7, 11) is 0. The summed E-state index contributed by atoms with van der Waals surface area (Å²) in [6.45, 7) is 3.53. The third-order valence-corrected chi connectivity index (χ3v) is 2.79. The van der Waals surface area contributed by atoms with E-state index in [9.17, 15) is 4.79 Å². The number of hydrogen-bond donors (Lipinski definition) is 3. The number of carboxylic acid groups (broad SMARTS) is 1. The van der Waals surface area contributed by atoms with E-state index in [1.165, 1.54) is 0 Å². The van der Waals surface area contributed by atoms with Gasteiger partial charge in [0.1, 0.15) is 11.3 Å². The molecule has 0 aliphatic carbocycles. The number of hydrogen-bond acceptors (Lipinski definition) is 3. The van der Waals surface area contributed by atoms with Crippen LogP contribution in [0.1, 0.15) is 21.6 Å². The van der Waals surface area contributed by atoms with Crippen molar-refractivity contribution in [2.24, 2.45) is 0 Å². The second-order valence-electron chi connectivity index (χ2n) is 3.90. The highest BCUT2D eigenvalue weighted by atomic mass is 16.4. The lowest BCUT2D eigenvalue weighted by molar-refractivity contribution is 0.0697. The van der Waals surface area contributed by atoms with Gasteiger partial charge in [0.15, 0.2) is 0 Å². The summed E-state index contributed by atoms with van der Waals surface area (Å²) in [4.78, 5) is 11.2. The van der Waals surface area contributed by atoms with Gasteiger partial charge in [-0.1, -0.05) is 12.1 Å². The first-order valence-corrected chi connectivity index (χ1v) is 5.16. The molecule has 0 radical (unpaired) electrons. The predicted molar refractivity (Wildman–Crippen MR) is 64.9 cm³/mol. The summed E-state index contributed by atoms with van der Waals surface area (Å²) in [5, 5.41) is 15.9. The van der Waals surface area contributed by atoms with Crippen molar-refractivity contribution in [1.82, 2.24) is 10.2 Å². The smallest absolute Gasteiger partial charge is 0.339 e. The van der Waals surface area contributed by atoms with Crippen LogP contribution in [0.5, 0.6) is 0 Å². The van der Waals surface area contributed by atoms with Gasteiger partial charge in [-0.15, -0.1) is 0 Å². The van der Waals surface area contributed by atoms with Crippen LogP contribution in [0.2, 0.25) is 0 Å². The van der Waals surface area contributed by atoms with Crippen molar-refractivity contribution >= 4 is 11.7 Å². The number of aryl methyl sites for hydroxylation is 1. The summed E-state index contributed by atoms with van der Waals surface area (Å²) in [5.41, 5.74) is 9.17. The molecule has 2 aromatic rings. The largest absolute Gasteiger partial charge is 0.478 e. The first kappa shape index (κ1) is 11.2. The van der Waals surface area contributed by atoms with Crippen LogP contribution in [0.4, 0.5) is 5.69 Å². The van der Waals surface area contributed by atoms with E-state index < -0.39 is 5.97 Å². The summed E-state index contributed by atoms with van der Waals surface area (Å²) in [6.07, 6.45) is 0. The number of carboxylic acids is 1. The molecular weight excluding hydrogens is 218 g/mol. The number of aromatic amines is 1. The molecule has 0 bridgehead atoms. The van der Waals surface area contributed by atoms with Crippen LogP contribution >= 0.6 is 0 Å². The van der Waals surface area contributed by atoms with Crippen molar-refractivity contribution in [3.05, 3.63) is 35.0 Å². The Morgan fingerprint density at radius 1 is 1.41 bits per heavy atom. The molecule has 0 spiro atoms. The maximum absolute atomic E-state index is 11.2. The van der Waals surface area contributed by atoms with Gasteiger partial charge in [-0.3, -0.25) is 5.10 Å². The van der Waals surface area contributed by atoms with Crippen molar-refractivity contribution in [2.75, 3.05) is 5.73 Å². The maximum atomic E-state index is 11.2. The molecule has 0 unspecified atom stereocenters. The van der Waals surface area contributed by atoms with E-state index in [1.54, 1.807) is 19.1 Å². The fraction of sp³-hybridized carbons (Fsp3) is 0.167. The number of nitrogens with two attached hydrogens (primary N) is 1. The predicted octanol–water partition coefficient (Wildman–Crippen LogP) is 1.97. The van der Waals surface area contributed by atoms with Gasteiger partial charge < -0.3 is 10.8 Å². The monoisotopic (exact) mass is 231 g/mol. The summed E-state index contributed by atoms with van der Waals surface area (Å²) in [6, 6.07) is 5.37. The zero-order valence-corrected chi connectivity index (χ0v) is 9.61. The molecule has 0 aliphatic heterocycles. The minimum Gasteiger partial charge on any atom is -0.478 e. The van der Waals surface area contributed by atoms with E-state index >= 15 is 0 Å². The molecule has 1 aromatic carbocycles. The topological polar surface area (TPSA) is 92.0 Å². The van der Waals surface area contributed by atoms with Crippen LogP contribution in [0.25, 0.3) is 11.3 Å². The molecule has 5 nitrogen and oxygen atoms in total. The molecule has 0 saturated heterocycles. The number of carbonyl (C=O) groups is 1. The quantitative estimate of drug-likeness (QED) is 0.689. The average Bonchev–Trinajstić information content (AvgIpc) is 2.64. The average molecular weight is 231 g/mol. The summed E-state index contributed by atoms with van der Waals surface area (Å²) < 4.78 is 0. The van der Waals surface area contributed by atoms with Crippen LogP contribution in [0.15, 0.2) is 18.2 Å². The molecule has 88 valence electrons. The number of anilines is 1. The van der Waals surface area contributed by atoms with Gasteiger partial charge in [-0.25, -0.2) is 4.79 Å². The number of nitrogens with zero attached hydrogens (tertiary/aromatic N) is 1. The minimum atomic E-state index is -0.993. The maximum Gasteiger partial charge on any atom is 0.339 e. The normalized spacial score (nSPS) is 10.5. The Bertz CT molecular complexity index is 587. The number of rotatable bonds is 2. The number of nitrogens with one attached hydrogen (secondary N) is 1.